The molecular weight excluding hydrogens is 242 g/mol. The molecule has 19 heavy (non-hydrogen) atoms. The summed E-state index contributed by atoms with van der Waals surface area (Å²) in [5.74, 6) is 0.748. The van der Waals surface area contributed by atoms with E-state index in [1.54, 1.807) is 0 Å². The van der Waals surface area contributed by atoms with Crippen molar-refractivity contribution < 1.29 is 9.15 Å². The molecule has 1 fully saturated rings. The minimum atomic E-state index is 0.328. The van der Waals surface area contributed by atoms with E-state index in [0.717, 1.165) is 49.7 Å². The third-order valence-corrected chi connectivity index (χ3v) is 3.49. The number of anilines is 1. The Hall–Kier alpha value is -1.59. The van der Waals surface area contributed by atoms with Crippen molar-refractivity contribution >= 4 is 16.8 Å². The van der Waals surface area contributed by atoms with Gasteiger partial charge in [-0.15, -0.1) is 0 Å². The monoisotopic (exact) mass is 261 g/mol. The van der Waals surface area contributed by atoms with Gasteiger partial charge in [0.1, 0.15) is 5.52 Å². The predicted molar refractivity (Wildman–Crippen MR) is 73.7 cm³/mol. The summed E-state index contributed by atoms with van der Waals surface area (Å²) >= 11 is 0. The number of rotatable bonds is 3. The number of nitrogens with two attached hydrogens (primary N) is 1. The summed E-state index contributed by atoms with van der Waals surface area (Å²) in [6, 6.07) is 5.56. The molecule has 1 aromatic carbocycles. The molecule has 0 bridgehead atoms. The van der Waals surface area contributed by atoms with Crippen LogP contribution in [0.5, 0.6) is 0 Å². The van der Waals surface area contributed by atoms with Gasteiger partial charge in [0.05, 0.1) is 19.3 Å². The van der Waals surface area contributed by atoms with Crippen LogP contribution in [-0.2, 0) is 11.3 Å². The smallest absolute Gasteiger partial charge is 0.209 e. The summed E-state index contributed by atoms with van der Waals surface area (Å²) in [7, 11) is 0. The van der Waals surface area contributed by atoms with E-state index in [-0.39, 0.29) is 0 Å². The number of hydrogen-bond donors (Lipinski definition) is 1. The van der Waals surface area contributed by atoms with E-state index in [0.29, 0.717) is 11.8 Å². The van der Waals surface area contributed by atoms with Gasteiger partial charge in [0.15, 0.2) is 5.58 Å². The van der Waals surface area contributed by atoms with Crippen molar-refractivity contribution in [2.45, 2.75) is 26.0 Å². The van der Waals surface area contributed by atoms with Gasteiger partial charge in [0, 0.05) is 24.8 Å². The first kappa shape index (κ1) is 12.4. The molecule has 0 radical (unpaired) electrons. The number of aromatic nitrogens is 1. The van der Waals surface area contributed by atoms with Gasteiger partial charge in [-0.1, -0.05) is 6.92 Å². The number of benzene rings is 1. The Morgan fingerprint density at radius 1 is 1.47 bits per heavy atom. The van der Waals surface area contributed by atoms with Crippen LogP contribution in [0.15, 0.2) is 22.6 Å². The van der Waals surface area contributed by atoms with Gasteiger partial charge in [0.2, 0.25) is 5.89 Å². The Labute approximate surface area is 112 Å². The zero-order chi connectivity index (χ0) is 13.2. The lowest BCUT2D eigenvalue weighted by atomic mass is 10.2. The lowest BCUT2D eigenvalue weighted by Gasteiger charge is -2.31. The average Bonchev–Trinajstić information content (AvgIpc) is 2.80. The highest BCUT2D eigenvalue weighted by atomic mass is 16.5. The summed E-state index contributed by atoms with van der Waals surface area (Å²) in [4.78, 5) is 6.82. The molecule has 1 aliphatic heterocycles. The largest absolute Gasteiger partial charge is 0.439 e. The summed E-state index contributed by atoms with van der Waals surface area (Å²) in [5, 5.41) is 0. The molecule has 0 aliphatic carbocycles. The van der Waals surface area contributed by atoms with E-state index in [1.807, 2.05) is 18.2 Å². The van der Waals surface area contributed by atoms with E-state index in [2.05, 4.69) is 16.8 Å². The Morgan fingerprint density at radius 3 is 3.21 bits per heavy atom. The van der Waals surface area contributed by atoms with E-state index < -0.39 is 0 Å². The number of hydrogen-bond acceptors (Lipinski definition) is 5. The first-order valence-electron chi connectivity index (χ1n) is 6.73. The van der Waals surface area contributed by atoms with E-state index in [9.17, 15) is 0 Å². The van der Waals surface area contributed by atoms with Crippen LogP contribution in [0.2, 0.25) is 0 Å². The molecule has 102 valence electrons. The topological polar surface area (TPSA) is 64.5 Å². The third-order valence-electron chi connectivity index (χ3n) is 3.49. The lowest BCUT2D eigenvalue weighted by Crippen LogP contribution is -2.41. The highest BCUT2D eigenvalue weighted by Gasteiger charge is 2.20. The SMILES string of the molecule is CCC1CN(Cc2nc3ccc(N)cc3o2)CCO1. The van der Waals surface area contributed by atoms with Crippen LogP contribution in [0.25, 0.3) is 11.1 Å². The first-order valence-corrected chi connectivity index (χ1v) is 6.73. The maximum atomic E-state index is 5.75. The van der Waals surface area contributed by atoms with Crippen LogP contribution in [0, 0.1) is 0 Å². The number of ether oxygens (including phenoxy) is 1. The molecule has 2 heterocycles. The van der Waals surface area contributed by atoms with Crippen LogP contribution in [0.1, 0.15) is 19.2 Å². The average molecular weight is 261 g/mol. The van der Waals surface area contributed by atoms with Crippen LogP contribution in [0.4, 0.5) is 5.69 Å². The predicted octanol–water partition coefficient (Wildman–Crippen LogP) is 2.02. The number of fused-ring (bicyclic) bond motifs is 1. The second-order valence-electron chi connectivity index (χ2n) is 4.97. The molecule has 0 spiro atoms. The minimum Gasteiger partial charge on any atom is -0.439 e. The Kier molecular flexibility index (Phi) is 3.40. The molecule has 0 amide bonds. The molecule has 0 saturated carbocycles. The number of nitrogens with zero attached hydrogens (tertiary/aromatic N) is 2. The van der Waals surface area contributed by atoms with E-state index in [1.165, 1.54) is 0 Å². The highest BCUT2D eigenvalue weighted by molar-refractivity contribution is 5.76. The van der Waals surface area contributed by atoms with Gasteiger partial charge in [-0.25, -0.2) is 4.98 Å². The van der Waals surface area contributed by atoms with Crippen LogP contribution in [0.3, 0.4) is 0 Å². The Bertz CT molecular complexity index is 567. The zero-order valence-corrected chi connectivity index (χ0v) is 11.1. The Morgan fingerprint density at radius 2 is 2.37 bits per heavy atom. The van der Waals surface area contributed by atoms with E-state index in [4.69, 9.17) is 14.9 Å². The highest BCUT2D eigenvalue weighted by Crippen LogP contribution is 2.20. The third kappa shape index (κ3) is 2.72. The fourth-order valence-corrected chi connectivity index (χ4v) is 2.42. The summed E-state index contributed by atoms with van der Waals surface area (Å²) < 4.78 is 11.4. The van der Waals surface area contributed by atoms with Gasteiger partial charge in [-0.3, -0.25) is 4.90 Å². The molecule has 1 unspecified atom stereocenters. The molecule has 3 rings (SSSR count). The van der Waals surface area contributed by atoms with Crippen molar-refractivity contribution in [1.82, 2.24) is 9.88 Å². The Balaban J connectivity index is 1.74. The van der Waals surface area contributed by atoms with Crippen LogP contribution < -0.4 is 5.73 Å². The van der Waals surface area contributed by atoms with Gasteiger partial charge < -0.3 is 14.9 Å². The van der Waals surface area contributed by atoms with Crippen molar-refractivity contribution in [3.05, 3.63) is 24.1 Å². The van der Waals surface area contributed by atoms with Crippen molar-refractivity contribution in [2.75, 3.05) is 25.4 Å². The maximum absolute atomic E-state index is 5.75. The fourth-order valence-electron chi connectivity index (χ4n) is 2.42. The summed E-state index contributed by atoms with van der Waals surface area (Å²) in [5.41, 5.74) is 8.07. The lowest BCUT2D eigenvalue weighted by molar-refractivity contribution is -0.0345. The second-order valence-corrected chi connectivity index (χ2v) is 4.97. The normalized spacial score (nSPS) is 21.0. The minimum absolute atomic E-state index is 0.328. The number of oxazole rings is 1. The fraction of sp³-hybridized carbons (Fsp3) is 0.500. The van der Waals surface area contributed by atoms with Crippen LogP contribution in [-0.4, -0.2) is 35.7 Å². The zero-order valence-electron chi connectivity index (χ0n) is 11.1. The number of morpholine rings is 1. The molecule has 1 atom stereocenters. The van der Waals surface area contributed by atoms with Gasteiger partial charge in [-0.05, 0) is 18.6 Å². The maximum Gasteiger partial charge on any atom is 0.209 e. The van der Waals surface area contributed by atoms with Crippen molar-refractivity contribution in [1.29, 1.82) is 0 Å². The standard InChI is InChI=1S/C14H19N3O2/c1-2-11-8-17(5-6-18-11)9-14-16-12-4-3-10(15)7-13(12)19-14/h3-4,7,11H,2,5-6,8-9,15H2,1H3. The van der Waals surface area contributed by atoms with Crippen molar-refractivity contribution in [3.8, 4) is 0 Å². The van der Waals surface area contributed by atoms with Crippen molar-refractivity contribution in [3.63, 3.8) is 0 Å². The van der Waals surface area contributed by atoms with Crippen molar-refractivity contribution in [2.24, 2.45) is 0 Å². The van der Waals surface area contributed by atoms with Crippen LogP contribution >= 0.6 is 0 Å². The first-order chi connectivity index (χ1) is 9.24. The number of nitrogen functional groups attached to an aromatic ring is 1. The molecule has 5 nitrogen and oxygen atoms in total. The van der Waals surface area contributed by atoms with Gasteiger partial charge in [-0.2, -0.15) is 0 Å². The summed E-state index contributed by atoms with van der Waals surface area (Å²) in [6.07, 6.45) is 1.37. The molecule has 2 aromatic rings. The molecule has 2 N–H and O–H groups in total. The molecule has 1 aliphatic rings. The molecule has 1 aromatic heterocycles. The molecular formula is C14H19N3O2. The van der Waals surface area contributed by atoms with Gasteiger partial charge in [0.25, 0.3) is 0 Å². The molecule has 1 saturated heterocycles. The quantitative estimate of drug-likeness (QED) is 0.856. The second kappa shape index (κ2) is 5.19. The molecule has 5 heteroatoms. The van der Waals surface area contributed by atoms with E-state index >= 15 is 0 Å². The van der Waals surface area contributed by atoms with Gasteiger partial charge >= 0.3 is 0 Å². The summed E-state index contributed by atoms with van der Waals surface area (Å²) in [6.45, 7) is 5.53.